The highest BCUT2D eigenvalue weighted by molar-refractivity contribution is 7.98. The second-order valence-electron chi connectivity index (χ2n) is 5.55. The fourth-order valence-corrected chi connectivity index (χ4v) is 3.26. The molecule has 138 valence electrons. The molecule has 0 aliphatic carbocycles. The van der Waals surface area contributed by atoms with E-state index in [-0.39, 0.29) is 5.82 Å². The number of benzene rings is 2. The van der Waals surface area contributed by atoms with E-state index in [0.29, 0.717) is 28.5 Å². The minimum Gasteiger partial charge on any atom is -0.465 e. The predicted molar refractivity (Wildman–Crippen MR) is 109 cm³/mol. The van der Waals surface area contributed by atoms with Gasteiger partial charge in [0.05, 0.1) is 12.7 Å². The van der Waals surface area contributed by atoms with Crippen LogP contribution in [0.1, 0.15) is 21.5 Å². The number of hydrogen-bond donors (Lipinski definition) is 2. The summed E-state index contributed by atoms with van der Waals surface area (Å²) in [7, 11) is 1.35. The van der Waals surface area contributed by atoms with Gasteiger partial charge in [-0.1, -0.05) is 24.3 Å². The van der Waals surface area contributed by atoms with Gasteiger partial charge in [0.25, 0.3) is 0 Å². The first-order valence-corrected chi connectivity index (χ1v) is 9.62. The number of esters is 1. The van der Waals surface area contributed by atoms with Gasteiger partial charge in [-0.3, -0.25) is 0 Å². The Morgan fingerprint density at radius 3 is 2.77 bits per heavy atom. The summed E-state index contributed by atoms with van der Waals surface area (Å²) in [5.41, 5.74) is 2.89. The number of rotatable bonds is 7. The molecule has 2 rings (SSSR count). The summed E-state index contributed by atoms with van der Waals surface area (Å²) in [6, 6.07) is 12.0. The molecule has 0 atom stereocenters. The fraction of sp³-hybridized carbons (Fsp3) is 0.263. The molecule has 0 saturated carbocycles. The van der Waals surface area contributed by atoms with Crippen molar-refractivity contribution in [1.82, 2.24) is 5.32 Å². The van der Waals surface area contributed by atoms with Gasteiger partial charge in [-0.2, -0.15) is 11.8 Å². The van der Waals surface area contributed by atoms with Gasteiger partial charge in [0, 0.05) is 23.7 Å². The normalized spacial score (nSPS) is 10.3. The second-order valence-corrected chi connectivity index (χ2v) is 7.06. The molecule has 0 aliphatic heterocycles. The van der Waals surface area contributed by atoms with Crippen molar-refractivity contribution in [1.29, 1.82) is 0 Å². The Morgan fingerprint density at radius 2 is 2.04 bits per heavy atom. The summed E-state index contributed by atoms with van der Waals surface area (Å²) in [5.74, 6) is 0.842. The van der Waals surface area contributed by atoms with E-state index in [0.717, 1.165) is 17.0 Å². The van der Waals surface area contributed by atoms with Crippen LogP contribution in [0.15, 0.2) is 42.5 Å². The average Bonchev–Trinajstić information content (AvgIpc) is 2.64. The molecule has 7 heteroatoms. The van der Waals surface area contributed by atoms with Crippen molar-refractivity contribution in [3.05, 3.63) is 65.0 Å². The number of hydrogen-bond acceptors (Lipinski definition) is 4. The van der Waals surface area contributed by atoms with E-state index in [1.54, 1.807) is 36.0 Å². The number of nitrogens with one attached hydrogen (secondary N) is 2. The molecule has 2 N–H and O–H groups in total. The summed E-state index contributed by atoms with van der Waals surface area (Å²) in [6.45, 7) is 2.58. The zero-order valence-electron chi connectivity index (χ0n) is 14.7. The first-order chi connectivity index (χ1) is 12.5. The number of carbonyl (C=O) groups is 1. The molecule has 0 radical (unpaired) electrons. The quantitative estimate of drug-likeness (QED) is 0.420. The molecule has 0 amide bonds. The highest BCUT2D eigenvalue weighted by Gasteiger charge is 2.09. The zero-order chi connectivity index (χ0) is 18.9. The van der Waals surface area contributed by atoms with Gasteiger partial charge < -0.3 is 15.4 Å². The lowest BCUT2D eigenvalue weighted by atomic mass is 10.1. The number of ether oxygens (including phenoxy) is 1. The molecule has 0 heterocycles. The second kappa shape index (κ2) is 10.1. The number of methoxy groups -OCH3 is 1. The van der Waals surface area contributed by atoms with Crippen molar-refractivity contribution in [3.63, 3.8) is 0 Å². The lowest BCUT2D eigenvalue weighted by Crippen LogP contribution is -2.30. The van der Waals surface area contributed by atoms with E-state index in [1.807, 2.05) is 19.1 Å². The van der Waals surface area contributed by atoms with Crippen LogP contribution < -0.4 is 10.6 Å². The maximum atomic E-state index is 13.5. The molecule has 2 aromatic rings. The van der Waals surface area contributed by atoms with E-state index >= 15 is 0 Å². The van der Waals surface area contributed by atoms with Crippen LogP contribution in [-0.4, -0.2) is 30.5 Å². The van der Waals surface area contributed by atoms with E-state index in [2.05, 4.69) is 10.6 Å². The summed E-state index contributed by atoms with van der Waals surface area (Å²) < 4.78 is 18.3. The Morgan fingerprint density at radius 1 is 1.27 bits per heavy atom. The van der Waals surface area contributed by atoms with Crippen LogP contribution in [-0.2, 0) is 10.5 Å². The third kappa shape index (κ3) is 6.00. The molecular weight excluding hydrogens is 371 g/mol. The monoisotopic (exact) mass is 392 g/mol. The lowest BCUT2D eigenvalue weighted by molar-refractivity contribution is 0.0601. The minimum absolute atomic E-state index is 0.175. The average molecular weight is 393 g/mol. The molecule has 0 fully saturated rings. The van der Waals surface area contributed by atoms with Gasteiger partial charge in [0.2, 0.25) is 0 Å². The fourth-order valence-electron chi connectivity index (χ4n) is 2.20. The molecule has 26 heavy (non-hydrogen) atoms. The Balaban J connectivity index is 1.77. The zero-order valence-corrected chi connectivity index (χ0v) is 16.3. The Hall–Kier alpha value is -2.12. The van der Waals surface area contributed by atoms with Gasteiger partial charge in [-0.05, 0) is 48.5 Å². The van der Waals surface area contributed by atoms with Crippen molar-refractivity contribution in [3.8, 4) is 0 Å². The van der Waals surface area contributed by atoms with Crippen molar-refractivity contribution < 1.29 is 13.9 Å². The summed E-state index contributed by atoms with van der Waals surface area (Å²) in [4.78, 5) is 11.6. The van der Waals surface area contributed by atoms with Crippen LogP contribution in [0.4, 0.5) is 10.1 Å². The van der Waals surface area contributed by atoms with Gasteiger partial charge in [0.1, 0.15) is 5.82 Å². The van der Waals surface area contributed by atoms with Crippen LogP contribution in [0.3, 0.4) is 0 Å². The van der Waals surface area contributed by atoms with Gasteiger partial charge >= 0.3 is 5.97 Å². The van der Waals surface area contributed by atoms with Crippen LogP contribution in [0.5, 0.6) is 0 Å². The number of aryl methyl sites for hydroxylation is 1. The van der Waals surface area contributed by atoms with Gasteiger partial charge in [-0.15, -0.1) is 0 Å². The third-order valence-corrected chi connectivity index (χ3v) is 4.91. The topological polar surface area (TPSA) is 50.4 Å². The molecule has 0 aliphatic rings. The third-order valence-electron chi connectivity index (χ3n) is 3.65. The molecular formula is C19H21FN2O2S2. The number of carbonyl (C=O) groups excluding carboxylic acids is 1. The molecule has 4 nitrogen and oxygen atoms in total. The largest absolute Gasteiger partial charge is 0.465 e. The molecule has 0 aromatic heterocycles. The first kappa shape index (κ1) is 20.2. The van der Waals surface area contributed by atoms with E-state index in [9.17, 15) is 9.18 Å². The molecule has 2 aromatic carbocycles. The van der Waals surface area contributed by atoms with Gasteiger partial charge in [0.15, 0.2) is 5.11 Å². The van der Waals surface area contributed by atoms with Crippen LogP contribution >= 0.6 is 24.0 Å². The van der Waals surface area contributed by atoms with E-state index in [1.165, 1.54) is 13.2 Å². The van der Waals surface area contributed by atoms with E-state index in [4.69, 9.17) is 17.0 Å². The highest BCUT2D eigenvalue weighted by Crippen LogP contribution is 2.18. The molecule has 0 bridgehead atoms. The Labute approximate surface area is 162 Å². The first-order valence-electron chi connectivity index (χ1n) is 8.06. The summed E-state index contributed by atoms with van der Waals surface area (Å²) >= 11 is 6.92. The molecule has 0 saturated heterocycles. The number of anilines is 1. The van der Waals surface area contributed by atoms with Crippen molar-refractivity contribution in [2.75, 3.05) is 24.7 Å². The minimum atomic E-state index is -0.392. The SMILES string of the molecule is COC(=O)c1ccc(C)c(NC(=S)NCCSCc2ccccc2F)c1. The van der Waals surface area contributed by atoms with E-state index < -0.39 is 5.97 Å². The standard InChI is InChI=1S/C19H21FN2O2S2/c1-13-7-8-14(18(23)24-2)11-17(13)22-19(25)21-9-10-26-12-15-5-3-4-6-16(15)20/h3-8,11H,9-10,12H2,1-2H3,(H2,21,22,25). The smallest absolute Gasteiger partial charge is 0.337 e. The van der Waals surface area contributed by atoms with Crippen LogP contribution in [0, 0.1) is 12.7 Å². The molecule has 0 spiro atoms. The van der Waals surface area contributed by atoms with Crippen LogP contribution in [0.25, 0.3) is 0 Å². The van der Waals surface area contributed by atoms with Crippen molar-refractivity contribution >= 4 is 40.7 Å². The van der Waals surface area contributed by atoms with Crippen molar-refractivity contribution in [2.45, 2.75) is 12.7 Å². The maximum Gasteiger partial charge on any atom is 0.337 e. The Kier molecular flexibility index (Phi) is 7.87. The van der Waals surface area contributed by atoms with Crippen LogP contribution in [0.2, 0.25) is 0 Å². The van der Waals surface area contributed by atoms with Crippen molar-refractivity contribution in [2.24, 2.45) is 0 Å². The highest BCUT2D eigenvalue weighted by atomic mass is 32.2. The molecule has 0 unspecified atom stereocenters. The maximum absolute atomic E-state index is 13.5. The predicted octanol–water partition coefficient (Wildman–Crippen LogP) is 4.14. The number of halogens is 1. The lowest BCUT2D eigenvalue weighted by Gasteiger charge is -2.13. The number of thiocarbonyl (C=S) groups is 1. The van der Waals surface area contributed by atoms with Gasteiger partial charge in [-0.25, -0.2) is 9.18 Å². The summed E-state index contributed by atoms with van der Waals surface area (Å²) in [6.07, 6.45) is 0. The Bertz CT molecular complexity index is 784. The summed E-state index contributed by atoms with van der Waals surface area (Å²) in [5, 5.41) is 6.68. The number of thioether (sulfide) groups is 1.